The first-order chi connectivity index (χ1) is 9.70. The molecule has 2 rings (SSSR count). The van der Waals surface area contributed by atoms with Crippen LogP contribution in [-0.2, 0) is 6.42 Å². The predicted molar refractivity (Wildman–Crippen MR) is 81.3 cm³/mol. The number of thiazole rings is 1. The minimum atomic E-state index is 0.439. The van der Waals surface area contributed by atoms with Crippen LogP contribution in [0.4, 0.5) is 11.5 Å². The molecule has 0 aliphatic carbocycles. The third-order valence-corrected chi connectivity index (χ3v) is 3.61. The van der Waals surface area contributed by atoms with E-state index in [0.717, 1.165) is 30.1 Å². The summed E-state index contributed by atoms with van der Waals surface area (Å²) < 4.78 is 5.47. The maximum absolute atomic E-state index is 5.98. The first kappa shape index (κ1) is 14.5. The molecule has 6 nitrogen and oxygen atoms in total. The van der Waals surface area contributed by atoms with E-state index in [4.69, 9.17) is 10.5 Å². The molecule has 2 aromatic heterocycles. The molecule has 0 atom stereocenters. The molecule has 0 spiro atoms. The molecular formula is C13H19N5OS. The Hall–Kier alpha value is -1.89. The molecule has 0 radical (unpaired) electrons. The highest BCUT2D eigenvalue weighted by atomic mass is 32.1. The topological polar surface area (TPSA) is 86.0 Å². The van der Waals surface area contributed by atoms with Crippen molar-refractivity contribution >= 4 is 22.8 Å². The number of nitrogens with two attached hydrogens (primary N) is 1. The maximum Gasteiger partial charge on any atom is 0.242 e. The second-order valence-electron chi connectivity index (χ2n) is 4.35. The number of nitrogens with one attached hydrogen (secondary N) is 1. The molecule has 0 saturated heterocycles. The lowest BCUT2D eigenvalue weighted by atomic mass is 10.4. The standard InChI is InChI=1S/C13H19N5OS/c1-3-6-19-13-11(14)12(16-8-17-13)15-5-4-10-18-9(2)7-20-10/h7-8H,3-6,14H2,1-2H3,(H,15,16,17). The van der Waals surface area contributed by atoms with Crippen LogP contribution in [-0.4, -0.2) is 28.1 Å². The van der Waals surface area contributed by atoms with Gasteiger partial charge in [-0.1, -0.05) is 6.92 Å². The minimum Gasteiger partial charge on any atom is -0.476 e. The van der Waals surface area contributed by atoms with E-state index < -0.39 is 0 Å². The lowest BCUT2D eigenvalue weighted by Crippen LogP contribution is -2.10. The summed E-state index contributed by atoms with van der Waals surface area (Å²) in [4.78, 5) is 12.6. The molecule has 0 bridgehead atoms. The fourth-order valence-corrected chi connectivity index (χ4v) is 2.42. The highest BCUT2D eigenvalue weighted by molar-refractivity contribution is 7.09. The lowest BCUT2D eigenvalue weighted by molar-refractivity contribution is 0.306. The van der Waals surface area contributed by atoms with Crippen LogP contribution in [0, 0.1) is 6.92 Å². The Balaban J connectivity index is 1.92. The molecule has 20 heavy (non-hydrogen) atoms. The monoisotopic (exact) mass is 293 g/mol. The molecule has 2 heterocycles. The molecule has 3 N–H and O–H groups in total. The highest BCUT2D eigenvalue weighted by Gasteiger charge is 2.08. The van der Waals surface area contributed by atoms with Crippen LogP contribution in [0.5, 0.6) is 5.88 Å². The highest BCUT2D eigenvalue weighted by Crippen LogP contribution is 2.24. The second kappa shape index (κ2) is 7.04. The Morgan fingerprint density at radius 3 is 2.95 bits per heavy atom. The fraction of sp³-hybridized carbons (Fsp3) is 0.462. The van der Waals surface area contributed by atoms with Crippen molar-refractivity contribution in [3.8, 4) is 5.88 Å². The van der Waals surface area contributed by atoms with Gasteiger partial charge in [-0.25, -0.2) is 9.97 Å². The zero-order chi connectivity index (χ0) is 14.4. The van der Waals surface area contributed by atoms with Gasteiger partial charge >= 0.3 is 0 Å². The van der Waals surface area contributed by atoms with Crippen molar-refractivity contribution in [2.75, 3.05) is 24.2 Å². The predicted octanol–water partition coefficient (Wildman–Crippen LogP) is 2.27. The van der Waals surface area contributed by atoms with E-state index in [2.05, 4.69) is 20.3 Å². The summed E-state index contributed by atoms with van der Waals surface area (Å²) in [5, 5.41) is 6.35. The Labute approximate surface area is 122 Å². The van der Waals surface area contributed by atoms with Crippen molar-refractivity contribution in [2.45, 2.75) is 26.7 Å². The van der Waals surface area contributed by atoms with Crippen LogP contribution in [0.25, 0.3) is 0 Å². The molecule has 0 saturated carbocycles. The molecule has 0 aromatic carbocycles. The van der Waals surface area contributed by atoms with Gasteiger partial charge in [0.1, 0.15) is 12.0 Å². The van der Waals surface area contributed by atoms with Crippen molar-refractivity contribution in [2.24, 2.45) is 0 Å². The molecule has 0 amide bonds. The summed E-state index contributed by atoms with van der Waals surface area (Å²) in [5.41, 5.74) is 7.49. The summed E-state index contributed by atoms with van der Waals surface area (Å²) in [6.45, 7) is 5.35. The van der Waals surface area contributed by atoms with Crippen molar-refractivity contribution < 1.29 is 4.74 Å². The summed E-state index contributed by atoms with van der Waals surface area (Å²) in [7, 11) is 0. The number of rotatable bonds is 7. The zero-order valence-electron chi connectivity index (χ0n) is 11.7. The first-order valence-electron chi connectivity index (χ1n) is 6.59. The summed E-state index contributed by atoms with van der Waals surface area (Å²) in [6, 6.07) is 0. The third-order valence-electron chi connectivity index (χ3n) is 2.59. The SMILES string of the molecule is CCCOc1ncnc(NCCc2nc(C)cs2)c1N. The lowest BCUT2D eigenvalue weighted by Gasteiger charge is -2.10. The number of aryl methyl sites for hydroxylation is 1. The zero-order valence-corrected chi connectivity index (χ0v) is 12.5. The van der Waals surface area contributed by atoms with Gasteiger partial charge in [-0.05, 0) is 13.3 Å². The molecule has 7 heteroatoms. The van der Waals surface area contributed by atoms with Crippen molar-refractivity contribution in [3.63, 3.8) is 0 Å². The van der Waals surface area contributed by atoms with E-state index in [1.54, 1.807) is 11.3 Å². The molecule has 0 unspecified atom stereocenters. The smallest absolute Gasteiger partial charge is 0.242 e. The van der Waals surface area contributed by atoms with Crippen molar-refractivity contribution in [1.29, 1.82) is 0 Å². The average Bonchev–Trinajstić information content (AvgIpc) is 2.85. The number of anilines is 2. The van der Waals surface area contributed by atoms with Gasteiger partial charge in [0.2, 0.25) is 5.88 Å². The molecule has 108 valence electrons. The van der Waals surface area contributed by atoms with Crippen LogP contribution < -0.4 is 15.8 Å². The van der Waals surface area contributed by atoms with Crippen LogP contribution in [0.1, 0.15) is 24.0 Å². The summed E-state index contributed by atoms with van der Waals surface area (Å²) in [6.07, 6.45) is 3.21. The fourth-order valence-electron chi connectivity index (χ4n) is 1.64. The molecule has 0 aliphatic rings. The van der Waals surface area contributed by atoms with E-state index in [9.17, 15) is 0 Å². The van der Waals surface area contributed by atoms with E-state index in [0.29, 0.717) is 24.0 Å². The van der Waals surface area contributed by atoms with Crippen LogP contribution in [0.3, 0.4) is 0 Å². The molecule has 0 fully saturated rings. The van der Waals surface area contributed by atoms with Gasteiger partial charge in [0.15, 0.2) is 5.82 Å². The van der Waals surface area contributed by atoms with E-state index in [1.165, 1.54) is 6.33 Å². The Bertz CT molecular complexity index is 557. The second-order valence-corrected chi connectivity index (χ2v) is 5.29. The Kier molecular flexibility index (Phi) is 5.11. The quantitative estimate of drug-likeness (QED) is 0.814. The molecule has 2 aromatic rings. The Morgan fingerprint density at radius 2 is 2.25 bits per heavy atom. The minimum absolute atomic E-state index is 0.439. The van der Waals surface area contributed by atoms with Gasteiger partial charge in [-0.3, -0.25) is 0 Å². The number of hydrogen-bond donors (Lipinski definition) is 2. The van der Waals surface area contributed by atoms with Gasteiger partial charge in [0, 0.05) is 24.0 Å². The third kappa shape index (κ3) is 3.80. The van der Waals surface area contributed by atoms with Crippen LogP contribution in [0.2, 0.25) is 0 Å². The van der Waals surface area contributed by atoms with Gasteiger partial charge in [0.25, 0.3) is 0 Å². The summed E-state index contributed by atoms with van der Waals surface area (Å²) >= 11 is 1.66. The van der Waals surface area contributed by atoms with Gasteiger partial charge < -0.3 is 15.8 Å². The van der Waals surface area contributed by atoms with Gasteiger partial charge in [-0.2, -0.15) is 4.98 Å². The molecule has 0 aliphatic heterocycles. The average molecular weight is 293 g/mol. The van der Waals surface area contributed by atoms with Gasteiger partial charge in [-0.15, -0.1) is 11.3 Å². The van der Waals surface area contributed by atoms with E-state index in [1.807, 2.05) is 19.2 Å². The summed E-state index contributed by atoms with van der Waals surface area (Å²) in [5.74, 6) is 1.05. The van der Waals surface area contributed by atoms with Crippen LogP contribution in [0.15, 0.2) is 11.7 Å². The first-order valence-corrected chi connectivity index (χ1v) is 7.46. The van der Waals surface area contributed by atoms with Crippen molar-refractivity contribution in [1.82, 2.24) is 15.0 Å². The number of aromatic nitrogens is 3. The normalized spacial score (nSPS) is 10.5. The maximum atomic E-state index is 5.98. The van der Waals surface area contributed by atoms with Crippen LogP contribution >= 0.6 is 11.3 Å². The largest absolute Gasteiger partial charge is 0.476 e. The number of ether oxygens (including phenoxy) is 1. The molecular weight excluding hydrogens is 274 g/mol. The van der Waals surface area contributed by atoms with Gasteiger partial charge in [0.05, 0.1) is 11.6 Å². The number of hydrogen-bond acceptors (Lipinski definition) is 7. The van der Waals surface area contributed by atoms with Crippen molar-refractivity contribution in [3.05, 3.63) is 22.4 Å². The number of nitrogen functional groups attached to an aromatic ring is 1. The van der Waals surface area contributed by atoms with E-state index in [-0.39, 0.29) is 0 Å². The number of nitrogens with zero attached hydrogens (tertiary/aromatic N) is 3. The van der Waals surface area contributed by atoms with E-state index >= 15 is 0 Å². The Morgan fingerprint density at radius 1 is 1.40 bits per heavy atom.